The lowest BCUT2D eigenvalue weighted by molar-refractivity contribution is 0.413. The summed E-state index contributed by atoms with van der Waals surface area (Å²) in [6.45, 7) is 1.48. The topological polar surface area (TPSA) is 53.1 Å². The number of H-pyrrole nitrogens is 1. The molecule has 54 valence electrons. The van der Waals surface area contributed by atoms with Gasteiger partial charge in [-0.25, -0.2) is 0 Å². The maximum atomic E-state index is 12.3. The summed E-state index contributed by atoms with van der Waals surface area (Å²) >= 11 is 0. The van der Waals surface area contributed by atoms with Crippen molar-refractivity contribution in [1.29, 1.82) is 0 Å². The Morgan fingerprint density at radius 2 is 2.30 bits per heavy atom. The number of hydrogen-bond donors (Lipinski definition) is 2. The number of pyridine rings is 1. The monoisotopic (exact) mass is 143 g/mol. The van der Waals surface area contributed by atoms with Gasteiger partial charge >= 0.3 is 0 Å². The van der Waals surface area contributed by atoms with Gasteiger partial charge in [-0.15, -0.1) is 0 Å². The van der Waals surface area contributed by atoms with E-state index in [0.717, 1.165) is 0 Å². The minimum Gasteiger partial charge on any atom is -0.501 e. The zero-order chi connectivity index (χ0) is 7.72. The SMILES string of the molecule is Cc1c[nH]c(F)c(O)c1=O. The largest absolute Gasteiger partial charge is 0.501 e. The quantitative estimate of drug-likeness (QED) is 0.520. The van der Waals surface area contributed by atoms with Crippen LogP contribution in [0.5, 0.6) is 5.75 Å². The van der Waals surface area contributed by atoms with Crippen LogP contribution < -0.4 is 5.43 Å². The normalized spacial score (nSPS) is 9.80. The molecule has 0 radical (unpaired) electrons. The Bertz CT molecular complexity index is 305. The molecule has 1 rings (SSSR count). The van der Waals surface area contributed by atoms with Crippen LogP contribution in [0.25, 0.3) is 0 Å². The van der Waals surface area contributed by atoms with Crippen LogP contribution in [0.15, 0.2) is 11.0 Å². The number of rotatable bonds is 0. The third kappa shape index (κ3) is 0.877. The summed E-state index contributed by atoms with van der Waals surface area (Å²) in [5, 5.41) is 8.67. The van der Waals surface area contributed by atoms with Crippen LogP contribution in [-0.2, 0) is 0 Å². The predicted octanol–water partition coefficient (Wildman–Crippen LogP) is 0.528. The number of aryl methyl sites for hydroxylation is 1. The molecule has 3 nitrogen and oxygen atoms in total. The van der Waals surface area contributed by atoms with E-state index in [1.54, 1.807) is 0 Å². The summed E-state index contributed by atoms with van der Waals surface area (Å²) in [7, 11) is 0. The minimum absolute atomic E-state index is 0.291. The molecular weight excluding hydrogens is 137 g/mol. The smallest absolute Gasteiger partial charge is 0.237 e. The van der Waals surface area contributed by atoms with Crippen molar-refractivity contribution in [3.05, 3.63) is 27.9 Å². The first-order valence-corrected chi connectivity index (χ1v) is 2.69. The van der Waals surface area contributed by atoms with Gasteiger partial charge in [-0.2, -0.15) is 4.39 Å². The van der Waals surface area contributed by atoms with Gasteiger partial charge in [0.25, 0.3) is 0 Å². The lowest BCUT2D eigenvalue weighted by Crippen LogP contribution is -2.06. The molecule has 0 fully saturated rings. The lowest BCUT2D eigenvalue weighted by Gasteiger charge is -1.93. The summed E-state index contributed by atoms with van der Waals surface area (Å²) in [4.78, 5) is 12.8. The van der Waals surface area contributed by atoms with Crippen LogP contribution in [0.1, 0.15) is 5.56 Å². The van der Waals surface area contributed by atoms with Crippen LogP contribution >= 0.6 is 0 Å². The maximum absolute atomic E-state index is 12.3. The molecule has 0 bridgehead atoms. The van der Waals surface area contributed by atoms with Crippen molar-refractivity contribution >= 4 is 0 Å². The fourth-order valence-corrected chi connectivity index (χ4v) is 0.592. The molecular formula is C6H6FNO2. The standard InChI is InChI=1S/C6H6FNO2/c1-3-2-8-6(7)5(10)4(3)9/h2,10H,1H3,(H,8,9). The van der Waals surface area contributed by atoms with Gasteiger partial charge < -0.3 is 10.1 Å². The molecule has 4 heteroatoms. The van der Waals surface area contributed by atoms with E-state index in [4.69, 9.17) is 5.11 Å². The Labute approximate surface area is 56.1 Å². The van der Waals surface area contributed by atoms with Crippen LogP contribution in [0.3, 0.4) is 0 Å². The number of aromatic nitrogens is 1. The van der Waals surface area contributed by atoms with Gasteiger partial charge in [0.1, 0.15) is 0 Å². The Morgan fingerprint density at radius 3 is 2.80 bits per heavy atom. The third-order valence-corrected chi connectivity index (χ3v) is 1.20. The highest BCUT2D eigenvalue weighted by atomic mass is 19.1. The lowest BCUT2D eigenvalue weighted by atomic mass is 10.3. The molecule has 0 atom stereocenters. The van der Waals surface area contributed by atoms with Crippen molar-refractivity contribution < 1.29 is 9.50 Å². The Morgan fingerprint density at radius 1 is 1.70 bits per heavy atom. The van der Waals surface area contributed by atoms with Crippen LogP contribution in [0.2, 0.25) is 0 Å². The van der Waals surface area contributed by atoms with E-state index in [-0.39, 0.29) is 0 Å². The third-order valence-electron chi connectivity index (χ3n) is 1.20. The summed E-state index contributed by atoms with van der Waals surface area (Å²) in [5.41, 5.74) is -0.379. The van der Waals surface area contributed by atoms with Gasteiger partial charge in [-0.3, -0.25) is 4.79 Å². The number of halogens is 1. The van der Waals surface area contributed by atoms with E-state index in [1.165, 1.54) is 13.1 Å². The second kappa shape index (κ2) is 2.13. The second-order valence-corrected chi connectivity index (χ2v) is 1.96. The second-order valence-electron chi connectivity index (χ2n) is 1.96. The molecule has 1 aromatic heterocycles. The highest BCUT2D eigenvalue weighted by molar-refractivity contribution is 5.22. The van der Waals surface area contributed by atoms with E-state index in [9.17, 15) is 9.18 Å². The Hall–Kier alpha value is -1.32. The molecule has 0 saturated heterocycles. The fourth-order valence-electron chi connectivity index (χ4n) is 0.592. The van der Waals surface area contributed by atoms with Gasteiger partial charge in [-0.1, -0.05) is 0 Å². The molecule has 2 N–H and O–H groups in total. The summed E-state index contributed by atoms with van der Waals surface area (Å²) in [6, 6.07) is 0. The van der Waals surface area contributed by atoms with E-state index in [1.807, 2.05) is 0 Å². The highest BCUT2D eigenvalue weighted by Crippen LogP contribution is 2.04. The zero-order valence-electron chi connectivity index (χ0n) is 5.31. The molecule has 10 heavy (non-hydrogen) atoms. The molecule has 0 aliphatic carbocycles. The van der Waals surface area contributed by atoms with Gasteiger partial charge in [0, 0.05) is 11.8 Å². The predicted molar refractivity (Wildman–Crippen MR) is 33.4 cm³/mol. The van der Waals surface area contributed by atoms with Crippen molar-refractivity contribution in [3.8, 4) is 5.75 Å². The fraction of sp³-hybridized carbons (Fsp3) is 0.167. The summed E-state index contributed by atoms with van der Waals surface area (Å²) in [5.74, 6) is -1.84. The molecule has 0 unspecified atom stereocenters. The molecule has 0 aliphatic heterocycles. The Balaban J connectivity index is 3.50. The van der Waals surface area contributed by atoms with Crippen molar-refractivity contribution in [2.24, 2.45) is 0 Å². The van der Waals surface area contributed by atoms with Gasteiger partial charge in [0.2, 0.25) is 17.1 Å². The van der Waals surface area contributed by atoms with E-state index in [2.05, 4.69) is 4.98 Å². The zero-order valence-corrected chi connectivity index (χ0v) is 5.31. The van der Waals surface area contributed by atoms with Crippen LogP contribution in [-0.4, -0.2) is 10.1 Å². The molecule has 0 spiro atoms. The molecule has 0 saturated carbocycles. The number of nitrogens with one attached hydrogen (secondary N) is 1. The van der Waals surface area contributed by atoms with Crippen molar-refractivity contribution in [2.75, 3.05) is 0 Å². The van der Waals surface area contributed by atoms with Crippen molar-refractivity contribution in [3.63, 3.8) is 0 Å². The highest BCUT2D eigenvalue weighted by Gasteiger charge is 2.05. The first-order chi connectivity index (χ1) is 4.63. The van der Waals surface area contributed by atoms with Crippen molar-refractivity contribution in [2.45, 2.75) is 6.92 Å². The number of aromatic amines is 1. The number of hydrogen-bond acceptors (Lipinski definition) is 2. The molecule has 0 aliphatic rings. The van der Waals surface area contributed by atoms with Crippen molar-refractivity contribution in [1.82, 2.24) is 4.98 Å². The number of aromatic hydroxyl groups is 1. The van der Waals surface area contributed by atoms with E-state index >= 15 is 0 Å². The minimum atomic E-state index is -0.990. The van der Waals surface area contributed by atoms with Crippen LogP contribution in [0, 0.1) is 12.9 Å². The van der Waals surface area contributed by atoms with E-state index < -0.39 is 17.1 Å². The van der Waals surface area contributed by atoms with Gasteiger partial charge in [0.15, 0.2) is 0 Å². The molecule has 1 heterocycles. The van der Waals surface area contributed by atoms with Gasteiger partial charge in [-0.05, 0) is 6.92 Å². The average molecular weight is 143 g/mol. The Kier molecular flexibility index (Phi) is 1.45. The summed E-state index contributed by atoms with van der Waals surface area (Å²) in [6.07, 6.45) is 1.21. The average Bonchev–Trinajstić information content (AvgIpc) is 1.93. The van der Waals surface area contributed by atoms with E-state index in [0.29, 0.717) is 5.56 Å². The van der Waals surface area contributed by atoms with Crippen LogP contribution in [0.4, 0.5) is 4.39 Å². The first-order valence-electron chi connectivity index (χ1n) is 2.69. The molecule has 0 aromatic carbocycles. The van der Waals surface area contributed by atoms with Gasteiger partial charge in [0.05, 0.1) is 0 Å². The maximum Gasteiger partial charge on any atom is 0.237 e. The summed E-state index contributed by atoms with van der Waals surface area (Å²) < 4.78 is 12.3. The molecule has 1 aromatic rings. The molecule has 0 amide bonds. The first kappa shape index (κ1) is 6.80.